The van der Waals surface area contributed by atoms with Crippen LogP contribution in [0.5, 0.6) is 5.75 Å². The minimum absolute atomic E-state index is 0.162. The van der Waals surface area contributed by atoms with Crippen molar-refractivity contribution in [3.8, 4) is 5.75 Å². The first kappa shape index (κ1) is 10.3. The van der Waals surface area contributed by atoms with E-state index >= 15 is 0 Å². The van der Waals surface area contributed by atoms with E-state index in [0.717, 1.165) is 24.3 Å². The van der Waals surface area contributed by atoms with Crippen LogP contribution < -0.4 is 4.74 Å². The van der Waals surface area contributed by atoms with Crippen LogP contribution in [0.2, 0.25) is 0 Å². The summed E-state index contributed by atoms with van der Waals surface area (Å²) in [4.78, 5) is 9.04. The molecule has 0 aromatic heterocycles. The highest BCUT2D eigenvalue weighted by molar-refractivity contribution is 6.05. The van der Waals surface area contributed by atoms with E-state index in [-0.39, 0.29) is 5.54 Å². The van der Waals surface area contributed by atoms with Gasteiger partial charge in [0.05, 0.1) is 7.11 Å². The van der Waals surface area contributed by atoms with E-state index in [4.69, 9.17) is 9.47 Å². The van der Waals surface area contributed by atoms with Gasteiger partial charge in [0, 0.05) is 6.92 Å². The topological polar surface area (TPSA) is 43.2 Å². The van der Waals surface area contributed by atoms with Crippen LogP contribution in [0.3, 0.4) is 0 Å². The van der Waals surface area contributed by atoms with Gasteiger partial charge < -0.3 is 9.47 Å². The Hall–Kier alpha value is -1.84. The SMILES string of the molecule is COc1ccccc1N=C1OC(C)=NC12CC2. The molecule has 4 nitrogen and oxygen atoms in total. The van der Waals surface area contributed by atoms with Gasteiger partial charge in [-0.3, -0.25) is 0 Å². The predicted octanol–water partition coefficient (Wildman–Crippen LogP) is 2.71. The van der Waals surface area contributed by atoms with Crippen molar-refractivity contribution in [3.63, 3.8) is 0 Å². The fraction of sp³-hybridized carbons (Fsp3) is 0.385. The Morgan fingerprint density at radius 1 is 1.35 bits per heavy atom. The summed E-state index contributed by atoms with van der Waals surface area (Å²) < 4.78 is 10.9. The molecule has 1 fully saturated rings. The third-order valence-electron chi connectivity index (χ3n) is 3.04. The molecule has 0 saturated heterocycles. The highest BCUT2D eigenvalue weighted by atomic mass is 16.5. The van der Waals surface area contributed by atoms with Crippen LogP contribution in [0.1, 0.15) is 19.8 Å². The second-order valence-electron chi connectivity index (χ2n) is 4.35. The van der Waals surface area contributed by atoms with E-state index in [0.29, 0.717) is 11.8 Å². The molecule has 88 valence electrons. The number of nitrogens with zero attached hydrogens (tertiary/aromatic N) is 2. The molecule has 17 heavy (non-hydrogen) atoms. The lowest BCUT2D eigenvalue weighted by molar-refractivity contribution is 0.416. The van der Waals surface area contributed by atoms with Crippen LogP contribution in [0, 0.1) is 0 Å². The second kappa shape index (κ2) is 3.58. The van der Waals surface area contributed by atoms with Gasteiger partial charge in [0.15, 0.2) is 5.90 Å². The highest BCUT2D eigenvalue weighted by Crippen LogP contribution is 2.46. The first-order valence-electron chi connectivity index (χ1n) is 5.70. The van der Waals surface area contributed by atoms with Crippen molar-refractivity contribution in [2.75, 3.05) is 7.11 Å². The fourth-order valence-corrected chi connectivity index (χ4v) is 2.01. The molecular formula is C13H14N2O2. The van der Waals surface area contributed by atoms with Crippen molar-refractivity contribution in [2.24, 2.45) is 9.98 Å². The van der Waals surface area contributed by atoms with Gasteiger partial charge in [-0.1, -0.05) is 12.1 Å². The van der Waals surface area contributed by atoms with Crippen LogP contribution in [-0.2, 0) is 4.74 Å². The number of ether oxygens (including phenoxy) is 2. The molecule has 0 N–H and O–H groups in total. The van der Waals surface area contributed by atoms with Gasteiger partial charge in [0.25, 0.3) is 0 Å². The van der Waals surface area contributed by atoms with E-state index in [1.165, 1.54) is 0 Å². The summed E-state index contributed by atoms with van der Waals surface area (Å²) in [5.74, 6) is 2.17. The van der Waals surface area contributed by atoms with Gasteiger partial charge in [0.2, 0.25) is 5.90 Å². The van der Waals surface area contributed by atoms with Crippen LogP contribution in [-0.4, -0.2) is 24.4 Å². The molecule has 1 heterocycles. The van der Waals surface area contributed by atoms with Crippen molar-refractivity contribution >= 4 is 17.5 Å². The number of aliphatic imine (C=N–C) groups is 2. The lowest BCUT2D eigenvalue weighted by Gasteiger charge is -2.07. The monoisotopic (exact) mass is 230 g/mol. The summed E-state index contributed by atoms with van der Waals surface area (Å²) in [6, 6.07) is 7.66. The Labute approximate surface area is 100.0 Å². The van der Waals surface area contributed by atoms with Crippen molar-refractivity contribution in [2.45, 2.75) is 25.3 Å². The number of benzene rings is 1. The number of hydrogen-bond donors (Lipinski definition) is 0. The Morgan fingerprint density at radius 3 is 2.82 bits per heavy atom. The number of para-hydroxylation sites is 2. The predicted molar refractivity (Wildman–Crippen MR) is 66.2 cm³/mol. The van der Waals surface area contributed by atoms with E-state index in [2.05, 4.69) is 9.98 Å². The zero-order valence-corrected chi connectivity index (χ0v) is 9.93. The third kappa shape index (κ3) is 1.69. The van der Waals surface area contributed by atoms with Crippen LogP contribution in [0.15, 0.2) is 34.3 Å². The summed E-state index contributed by atoms with van der Waals surface area (Å²) in [5, 5.41) is 0. The minimum atomic E-state index is -0.162. The second-order valence-corrected chi connectivity index (χ2v) is 4.35. The average Bonchev–Trinajstić information content (AvgIpc) is 3.02. The maximum absolute atomic E-state index is 5.59. The van der Waals surface area contributed by atoms with Gasteiger partial charge in [-0.2, -0.15) is 0 Å². The zero-order chi connectivity index (χ0) is 11.9. The lowest BCUT2D eigenvalue weighted by atomic mass is 10.2. The third-order valence-corrected chi connectivity index (χ3v) is 3.04. The van der Waals surface area contributed by atoms with E-state index in [1.54, 1.807) is 7.11 Å². The molecule has 0 atom stereocenters. The van der Waals surface area contributed by atoms with Crippen LogP contribution in [0.25, 0.3) is 0 Å². The molecule has 2 aliphatic rings. The Morgan fingerprint density at radius 2 is 2.12 bits per heavy atom. The summed E-state index contributed by atoms with van der Waals surface area (Å²) in [6.07, 6.45) is 2.05. The number of hydrogen-bond acceptors (Lipinski definition) is 4. The summed E-state index contributed by atoms with van der Waals surface area (Å²) >= 11 is 0. The quantitative estimate of drug-likeness (QED) is 0.784. The maximum Gasteiger partial charge on any atom is 0.225 e. The van der Waals surface area contributed by atoms with Gasteiger partial charge >= 0.3 is 0 Å². The van der Waals surface area contributed by atoms with Crippen molar-refractivity contribution in [3.05, 3.63) is 24.3 Å². The molecule has 1 spiro atoms. The molecule has 1 aliphatic carbocycles. The summed E-state index contributed by atoms with van der Waals surface area (Å²) in [7, 11) is 1.64. The molecular weight excluding hydrogens is 216 g/mol. The van der Waals surface area contributed by atoms with Gasteiger partial charge in [-0.15, -0.1) is 0 Å². The highest BCUT2D eigenvalue weighted by Gasteiger charge is 2.53. The lowest BCUT2D eigenvalue weighted by Crippen LogP contribution is -2.16. The molecule has 1 aromatic rings. The molecule has 3 rings (SSSR count). The van der Waals surface area contributed by atoms with E-state index in [9.17, 15) is 0 Å². The Kier molecular flexibility index (Phi) is 2.18. The fourth-order valence-electron chi connectivity index (χ4n) is 2.01. The molecule has 1 saturated carbocycles. The number of rotatable bonds is 2. The van der Waals surface area contributed by atoms with Crippen molar-refractivity contribution < 1.29 is 9.47 Å². The molecule has 0 bridgehead atoms. The van der Waals surface area contributed by atoms with E-state index < -0.39 is 0 Å². The number of methoxy groups -OCH3 is 1. The van der Waals surface area contributed by atoms with E-state index in [1.807, 2.05) is 31.2 Å². The largest absolute Gasteiger partial charge is 0.494 e. The minimum Gasteiger partial charge on any atom is -0.494 e. The smallest absolute Gasteiger partial charge is 0.225 e. The molecule has 1 aliphatic heterocycles. The van der Waals surface area contributed by atoms with Crippen LogP contribution in [0.4, 0.5) is 5.69 Å². The first-order chi connectivity index (χ1) is 8.23. The zero-order valence-electron chi connectivity index (χ0n) is 9.93. The Balaban J connectivity index is 1.97. The van der Waals surface area contributed by atoms with Gasteiger partial charge in [-0.25, -0.2) is 9.98 Å². The molecule has 0 amide bonds. The molecule has 1 aromatic carbocycles. The Bertz CT molecular complexity index is 516. The van der Waals surface area contributed by atoms with Crippen molar-refractivity contribution in [1.29, 1.82) is 0 Å². The average molecular weight is 230 g/mol. The summed E-state index contributed by atoms with van der Waals surface area (Å²) in [5.41, 5.74) is 0.631. The van der Waals surface area contributed by atoms with Gasteiger partial charge in [0.1, 0.15) is 17.0 Å². The first-order valence-corrected chi connectivity index (χ1v) is 5.70. The summed E-state index contributed by atoms with van der Waals surface area (Å²) in [6.45, 7) is 1.87. The molecule has 0 radical (unpaired) electrons. The maximum atomic E-state index is 5.59. The normalized spacial score (nSPS) is 22.5. The molecule has 4 heteroatoms. The van der Waals surface area contributed by atoms with Crippen LogP contribution >= 0.6 is 0 Å². The molecule has 0 unspecified atom stereocenters. The standard InChI is InChI=1S/C13H14N2O2/c1-9-15-13(7-8-13)12(17-9)14-10-5-3-4-6-11(10)16-2/h3-6H,7-8H2,1-2H3. The van der Waals surface area contributed by atoms with Gasteiger partial charge in [-0.05, 0) is 25.0 Å². The van der Waals surface area contributed by atoms with Crippen molar-refractivity contribution in [1.82, 2.24) is 0 Å².